The number of aromatic nitrogens is 1. The number of carbonyl (C=O) groups is 2. The molecule has 11 heteroatoms. The molecule has 1 aromatic heterocycles. The Labute approximate surface area is 168 Å². The van der Waals surface area contributed by atoms with E-state index in [-0.39, 0.29) is 31.9 Å². The second-order valence-electron chi connectivity index (χ2n) is 5.68. The number of sulfone groups is 1. The first-order valence-electron chi connectivity index (χ1n) is 7.87. The minimum Gasteiger partial charge on any atom is -0.395 e. The molecule has 0 bridgehead atoms. The van der Waals surface area contributed by atoms with E-state index >= 15 is 0 Å². The monoisotopic (exact) mass is 439 g/mol. The van der Waals surface area contributed by atoms with Crippen molar-refractivity contribution in [2.24, 2.45) is 5.73 Å². The molecular weight excluding hydrogens is 426 g/mol. The van der Waals surface area contributed by atoms with Crippen LogP contribution in [0.25, 0.3) is 10.2 Å². The first-order valence-corrected chi connectivity index (χ1v) is 10.7. The number of benzene rings is 2. The van der Waals surface area contributed by atoms with Crippen LogP contribution in [-0.2, 0) is 9.84 Å². The van der Waals surface area contributed by atoms with Crippen LogP contribution in [0.1, 0.15) is 20.7 Å². The molecule has 0 aliphatic rings. The third-order valence-corrected chi connectivity index (χ3v) is 6.84. The highest BCUT2D eigenvalue weighted by atomic mass is 35.5. The van der Waals surface area contributed by atoms with Gasteiger partial charge in [0, 0.05) is 0 Å². The van der Waals surface area contributed by atoms with Crippen LogP contribution in [0.3, 0.4) is 0 Å². The van der Waals surface area contributed by atoms with Crippen LogP contribution in [0.5, 0.6) is 0 Å². The lowest BCUT2D eigenvalue weighted by atomic mass is 10.1. The molecule has 0 spiro atoms. The largest absolute Gasteiger partial charge is 0.395 e. The Morgan fingerprint density at radius 2 is 1.93 bits per heavy atom. The number of nitrogens with two attached hydrogens (primary N) is 1. The number of hydrogen-bond acceptors (Lipinski definition) is 7. The molecule has 0 aliphatic carbocycles. The van der Waals surface area contributed by atoms with E-state index in [0.29, 0.717) is 10.2 Å². The summed E-state index contributed by atoms with van der Waals surface area (Å²) in [6.07, 6.45) is 0. The molecular formula is C17H14ClN3O5S2. The van der Waals surface area contributed by atoms with E-state index in [9.17, 15) is 18.0 Å². The van der Waals surface area contributed by atoms with Crippen molar-refractivity contribution in [3.8, 4) is 0 Å². The Hall–Kier alpha value is -2.53. The van der Waals surface area contributed by atoms with Gasteiger partial charge < -0.3 is 10.8 Å². The van der Waals surface area contributed by atoms with Crippen molar-refractivity contribution in [1.29, 1.82) is 0 Å². The number of nitrogens with one attached hydrogen (secondary N) is 1. The fraction of sp³-hybridized carbons (Fsp3) is 0.118. The zero-order valence-electron chi connectivity index (χ0n) is 14.2. The van der Waals surface area contributed by atoms with Gasteiger partial charge in [-0.2, -0.15) is 0 Å². The highest BCUT2D eigenvalue weighted by molar-refractivity contribution is 7.91. The molecule has 8 nitrogen and oxygen atoms in total. The van der Waals surface area contributed by atoms with Crippen LogP contribution in [0.2, 0.25) is 5.02 Å². The van der Waals surface area contributed by atoms with Gasteiger partial charge in [-0.15, -0.1) is 0 Å². The summed E-state index contributed by atoms with van der Waals surface area (Å²) in [6, 6.07) is 8.69. The number of aliphatic hydroxyl groups excluding tert-OH is 1. The van der Waals surface area contributed by atoms with Crippen molar-refractivity contribution >= 4 is 59.9 Å². The summed E-state index contributed by atoms with van der Waals surface area (Å²) in [4.78, 5) is 28.2. The molecule has 146 valence electrons. The summed E-state index contributed by atoms with van der Waals surface area (Å²) in [7, 11) is -3.60. The van der Waals surface area contributed by atoms with Gasteiger partial charge in [-0.25, -0.2) is 13.4 Å². The van der Waals surface area contributed by atoms with Crippen LogP contribution >= 0.6 is 22.9 Å². The molecule has 3 rings (SSSR count). The molecule has 4 N–H and O–H groups in total. The number of aliphatic hydroxyl groups is 1. The summed E-state index contributed by atoms with van der Waals surface area (Å²) >= 11 is 7.16. The van der Waals surface area contributed by atoms with E-state index < -0.39 is 28.3 Å². The first-order chi connectivity index (χ1) is 13.2. The number of nitrogens with zero attached hydrogens (tertiary/aromatic N) is 1. The maximum atomic E-state index is 12.5. The Morgan fingerprint density at radius 3 is 2.61 bits per heavy atom. The van der Waals surface area contributed by atoms with Crippen LogP contribution in [0.15, 0.2) is 41.3 Å². The summed E-state index contributed by atoms with van der Waals surface area (Å²) in [5.74, 6) is -1.72. The van der Waals surface area contributed by atoms with E-state index in [4.69, 9.17) is 22.4 Å². The zero-order valence-corrected chi connectivity index (χ0v) is 16.6. The number of amides is 2. The van der Waals surface area contributed by atoms with Gasteiger partial charge in [-0.3, -0.25) is 14.9 Å². The fourth-order valence-electron chi connectivity index (χ4n) is 2.45. The second-order valence-corrected chi connectivity index (χ2v) is 9.19. The maximum absolute atomic E-state index is 12.5. The molecule has 1 heterocycles. The lowest BCUT2D eigenvalue weighted by Gasteiger charge is -2.06. The van der Waals surface area contributed by atoms with Gasteiger partial charge in [0.15, 0.2) is 15.0 Å². The van der Waals surface area contributed by atoms with Gasteiger partial charge in [0.05, 0.1) is 43.6 Å². The summed E-state index contributed by atoms with van der Waals surface area (Å²) in [5.41, 5.74) is 5.81. The molecule has 0 saturated heterocycles. The molecule has 2 amide bonds. The molecule has 28 heavy (non-hydrogen) atoms. The van der Waals surface area contributed by atoms with Crippen molar-refractivity contribution < 1.29 is 23.1 Å². The molecule has 2 aromatic carbocycles. The number of anilines is 1. The van der Waals surface area contributed by atoms with E-state index in [1.807, 2.05) is 0 Å². The maximum Gasteiger partial charge on any atom is 0.258 e. The number of hydrogen-bond donors (Lipinski definition) is 3. The van der Waals surface area contributed by atoms with E-state index in [1.54, 1.807) is 0 Å². The standard InChI is InChI=1S/C17H14ClN3O5S2/c18-14-10(15(19)23)2-1-3-11(14)16(24)21-17-20-12-5-4-9(8-13(12)27-17)28(25,26)7-6-22/h1-5,8,22H,6-7H2,(H2,19,23)(H,20,21,24). The van der Waals surface area contributed by atoms with Crippen molar-refractivity contribution in [3.05, 3.63) is 52.5 Å². The third-order valence-electron chi connectivity index (χ3n) is 3.81. The van der Waals surface area contributed by atoms with Crippen molar-refractivity contribution in [2.45, 2.75) is 4.90 Å². The predicted molar refractivity (Wildman–Crippen MR) is 107 cm³/mol. The molecule has 0 fully saturated rings. The van der Waals surface area contributed by atoms with E-state index in [0.717, 1.165) is 11.3 Å². The SMILES string of the molecule is NC(=O)c1cccc(C(=O)Nc2nc3ccc(S(=O)(=O)CCO)cc3s2)c1Cl. The van der Waals surface area contributed by atoms with Crippen molar-refractivity contribution in [2.75, 3.05) is 17.7 Å². The summed E-state index contributed by atoms with van der Waals surface area (Å²) < 4.78 is 24.7. The first kappa shape index (κ1) is 20.2. The molecule has 0 radical (unpaired) electrons. The smallest absolute Gasteiger partial charge is 0.258 e. The fourth-order valence-corrected chi connectivity index (χ4v) is 4.78. The number of thiazole rings is 1. The Kier molecular flexibility index (Phi) is 5.66. The number of carbonyl (C=O) groups excluding carboxylic acids is 2. The molecule has 0 atom stereocenters. The Balaban J connectivity index is 1.90. The lowest BCUT2D eigenvalue weighted by Crippen LogP contribution is -2.16. The van der Waals surface area contributed by atoms with Gasteiger partial charge in [-0.05, 0) is 30.3 Å². The third kappa shape index (κ3) is 3.99. The summed E-state index contributed by atoms with van der Waals surface area (Å²) in [6.45, 7) is -0.477. The number of halogens is 1. The number of fused-ring (bicyclic) bond motifs is 1. The minimum atomic E-state index is -3.60. The zero-order chi connectivity index (χ0) is 20.5. The van der Waals surface area contributed by atoms with Crippen molar-refractivity contribution in [3.63, 3.8) is 0 Å². The van der Waals surface area contributed by atoms with Gasteiger partial charge in [0.25, 0.3) is 5.91 Å². The van der Waals surface area contributed by atoms with Crippen molar-refractivity contribution in [1.82, 2.24) is 4.98 Å². The highest BCUT2D eigenvalue weighted by Crippen LogP contribution is 2.29. The summed E-state index contributed by atoms with van der Waals surface area (Å²) in [5, 5.41) is 11.6. The Bertz CT molecular complexity index is 1190. The normalized spacial score (nSPS) is 11.5. The van der Waals surface area contributed by atoms with Crippen LogP contribution in [0, 0.1) is 0 Å². The minimum absolute atomic E-state index is 0.0253. The van der Waals surface area contributed by atoms with Gasteiger partial charge >= 0.3 is 0 Å². The predicted octanol–water partition coefficient (Wildman–Crippen LogP) is 2.07. The Morgan fingerprint density at radius 1 is 1.21 bits per heavy atom. The van der Waals surface area contributed by atoms with Gasteiger partial charge in [0.1, 0.15) is 0 Å². The van der Waals surface area contributed by atoms with Crippen LogP contribution in [-0.4, -0.2) is 42.7 Å². The highest BCUT2D eigenvalue weighted by Gasteiger charge is 2.19. The van der Waals surface area contributed by atoms with Gasteiger partial charge in [-0.1, -0.05) is 29.0 Å². The van der Waals surface area contributed by atoms with E-state index in [2.05, 4.69) is 10.3 Å². The topological polar surface area (TPSA) is 139 Å². The quantitative estimate of drug-likeness (QED) is 0.537. The molecule has 0 saturated carbocycles. The number of primary amides is 1. The average Bonchev–Trinajstić information content (AvgIpc) is 3.02. The van der Waals surface area contributed by atoms with E-state index in [1.165, 1.54) is 36.4 Å². The molecule has 0 aliphatic heterocycles. The molecule has 0 unspecified atom stereocenters. The number of rotatable bonds is 6. The van der Waals surface area contributed by atoms with Crippen LogP contribution < -0.4 is 11.1 Å². The molecule has 3 aromatic rings. The average molecular weight is 440 g/mol. The second kappa shape index (κ2) is 7.84. The lowest BCUT2D eigenvalue weighted by molar-refractivity contribution is 0.100. The van der Waals surface area contributed by atoms with Crippen LogP contribution in [0.4, 0.5) is 5.13 Å². The van der Waals surface area contributed by atoms with Gasteiger partial charge in [0.2, 0.25) is 5.91 Å².